The molecule has 12 aromatic carbocycles. The first kappa shape index (κ1) is 43.8. The number of hydrogen-bond acceptors (Lipinski definition) is 2. The van der Waals surface area contributed by atoms with Gasteiger partial charge in [-0.2, -0.15) is 0 Å². The fourth-order valence-electron chi connectivity index (χ4n) is 11.1. The van der Waals surface area contributed by atoms with Crippen LogP contribution in [0.3, 0.4) is 0 Å². The van der Waals surface area contributed by atoms with Crippen molar-refractivity contribution in [2.45, 2.75) is 0 Å². The molecule has 14 aromatic rings. The summed E-state index contributed by atoms with van der Waals surface area (Å²) in [6.07, 6.45) is 0. The largest absolute Gasteiger partial charge is 0.455 e. The molecule has 0 fully saturated rings. The first-order chi connectivity index (χ1) is 37.2. The van der Waals surface area contributed by atoms with Gasteiger partial charge in [-0.25, -0.2) is 0 Å². The molecule has 0 bridgehead atoms. The number of aromatic nitrogens is 1. The highest BCUT2D eigenvalue weighted by Crippen LogP contribution is 2.41. The van der Waals surface area contributed by atoms with Gasteiger partial charge in [-0.15, -0.1) is 0 Å². The van der Waals surface area contributed by atoms with Crippen LogP contribution in [0.15, 0.2) is 296 Å². The summed E-state index contributed by atoms with van der Waals surface area (Å²) in [5.74, 6) is 0. The summed E-state index contributed by atoms with van der Waals surface area (Å²) in [5.41, 5.74) is 22.5. The van der Waals surface area contributed by atoms with Crippen molar-refractivity contribution in [2.75, 3.05) is 4.90 Å². The van der Waals surface area contributed by atoms with Crippen molar-refractivity contribution in [2.24, 2.45) is 0 Å². The summed E-state index contributed by atoms with van der Waals surface area (Å²) < 4.78 is 8.82. The minimum atomic E-state index is 0.906. The van der Waals surface area contributed by atoms with E-state index in [0.717, 1.165) is 89.2 Å². The summed E-state index contributed by atoms with van der Waals surface area (Å²) >= 11 is 0. The van der Waals surface area contributed by atoms with Gasteiger partial charge in [0.2, 0.25) is 0 Å². The van der Waals surface area contributed by atoms with Crippen LogP contribution < -0.4 is 4.90 Å². The summed E-state index contributed by atoms with van der Waals surface area (Å²) in [5, 5.41) is 4.79. The average Bonchev–Trinajstić information content (AvgIpc) is 4.06. The molecule has 3 heteroatoms. The number of furan rings is 1. The fourth-order valence-corrected chi connectivity index (χ4v) is 11.1. The van der Waals surface area contributed by atoms with E-state index in [-0.39, 0.29) is 0 Å². The molecule has 0 spiro atoms. The Labute approximate surface area is 436 Å². The molecule has 0 saturated heterocycles. The van der Waals surface area contributed by atoms with Crippen molar-refractivity contribution in [3.8, 4) is 72.4 Å². The van der Waals surface area contributed by atoms with Crippen molar-refractivity contribution in [3.63, 3.8) is 0 Å². The first-order valence-corrected chi connectivity index (χ1v) is 25.6. The number of anilines is 3. The third kappa shape index (κ3) is 8.04. The molecule has 0 radical (unpaired) electrons. The van der Waals surface area contributed by atoms with Gasteiger partial charge in [-0.05, 0) is 146 Å². The Hall–Kier alpha value is -9.96. The van der Waals surface area contributed by atoms with Crippen molar-refractivity contribution in [3.05, 3.63) is 291 Å². The monoisotopic (exact) mass is 956 g/mol. The summed E-state index contributed by atoms with van der Waals surface area (Å²) in [7, 11) is 0. The maximum atomic E-state index is 6.44. The van der Waals surface area contributed by atoms with Crippen molar-refractivity contribution in [1.29, 1.82) is 0 Å². The second kappa shape index (κ2) is 18.6. The van der Waals surface area contributed by atoms with Crippen LogP contribution >= 0.6 is 0 Å². The lowest BCUT2D eigenvalue weighted by Gasteiger charge is -2.26. The summed E-state index contributed by atoms with van der Waals surface area (Å²) in [6, 6.07) is 105. The molecule has 75 heavy (non-hydrogen) atoms. The Morgan fingerprint density at radius 3 is 1.17 bits per heavy atom. The lowest BCUT2D eigenvalue weighted by atomic mass is 9.95. The average molecular weight is 957 g/mol. The van der Waals surface area contributed by atoms with Gasteiger partial charge in [-0.1, -0.05) is 206 Å². The zero-order valence-electron chi connectivity index (χ0n) is 41.0. The molecule has 0 aliphatic rings. The molecule has 14 rings (SSSR count). The Morgan fingerprint density at radius 2 is 0.627 bits per heavy atom. The molecule has 0 aliphatic heterocycles. The predicted octanol–water partition coefficient (Wildman–Crippen LogP) is 20.2. The zero-order chi connectivity index (χ0) is 49.7. The summed E-state index contributed by atoms with van der Waals surface area (Å²) in [4.78, 5) is 2.36. The van der Waals surface area contributed by atoms with E-state index in [1.54, 1.807) is 0 Å². The third-order valence-corrected chi connectivity index (χ3v) is 14.8. The molecule has 0 aliphatic carbocycles. The molecule has 2 aromatic heterocycles. The van der Waals surface area contributed by atoms with E-state index in [4.69, 9.17) is 4.42 Å². The fraction of sp³-hybridized carbons (Fsp3) is 0. The molecule has 0 saturated carbocycles. The van der Waals surface area contributed by atoms with Crippen LogP contribution in [0.25, 0.3) is 116 Å². The maximum Gasteiger partial charge on any atom is 0.143 e. The second-order valence-corrected chi connectivity index (χ2v) is 19.3. The molecular weight excluding hydrogens is 909 g/mol. The van der Waals surface area contributed by atoms with Gasteiger partial charge >= 0.3 is 0 Å². The highest BCUT2D eigenvalue weighted by Gasteiger charge is 2.17. The van der Waals surface area contributed by atoms with Crippen LogP contribution in [0.4, 0.5) is 17.1 Å². The smallest absolute Gasteiger partial charge is 0.143 e. The second-order valence-electron chi connectivity index (χ2n) is 19.3. The van der Waals surface area contributed by atoms with Gasteiger partial charge in [0.25, 0.3) is 0 Å². The molecule has 0 amide bonds. The van der Waals surface area contributed by atoms with Crippen molar-refractivity contribution in [1.82, 2.24) is 4.57 Å². The first-order valence-electron chi connectivity index (χ1n) is 25.6. The van der Waals surface area contributed by atoms with Crippen LogP contribution in [0.1, 0.15) is 0 Å². The Morgan fingerprint density at radius 1 is 0.253 bits per heavy atom. The van der Waals surface area contributed by atoms with Crippen molar-refractivity contribution < 1.29 is 4.42 Å². The highest BCUT2D eigenvalue weighted by atomic mass is 16.3. The molecule has 2 heterocycles. The highest BCUT2D eigenvalue weighted by molar-refractivity contribution is 6.10. The van der Waals surface area contributed by atoms with E-state index in [2.05, 4.69) is 289 Å². The molecule has 0 N–H and O–H groups in total. The minimum Gasteiger partial charge on any atom is -0.455 e. The number of para-hydroxylation sites is 4. The van der Waals surface area contributed by atoms with E-state index >= 15 is 0 Å². The Kier molecular flexibility index (Phi) is 10.8. The lowest BCUT2D eigenvalue weighted by Crippen LogP contribution is -2.09. The SMILES string of the molecule is c1ccc(-c2cccc(-c3ccc(N(c4ccc(-c5cccc(-c6cccc(-c7cccc8c7oc7ccccc78)c6)c5)cc4)c4ccc(-c5cccc(-n6c7ccccc7c7ccccc76)c5)cc4)cc3)c2)cc1. The van der Waals surface area contributed by atoms with Gasteiger partial charge in [-0.3, -0.25) is 0 Å². The molecule has 0 unspecified atom stereocenters. The van der Waals surface area contributed by atoms with Gasteiger partial charge in [0.15, 0.2) is 0 Å². The maximum absolute atomic E-state index is 6.44. The zero-order valence-corrected chi connectivity index (χ0v) is 41.0. The predicted molar refractivity (Wildman–Crippen MR) is 315 cm³/mol. The number of benzene rings is 12. The van der Waals surface area contributed by atoms with Gasteiger partial charge in [0, 0.05) is 49.9 Å². The molecular formula is C72H48N2O. The molecule has 352 valence electrons. The number of hydrogen-bond donors (Lipinski definition) is 0. The van der Waals surface area contributed by atoms with Gasteiger partial charge < -0.3 is 13.9 Å². The molecule has 0 atom stereocenters. The van der Waals surface area contributed by atoms with Crippen LogP contribution in [-0.2, 0) is 0 Å². The number of rotatable bonds is 10. The lowest BCUT2D eigenvalue weighted by molar-refractivity contribution is 0.670. The van der Waals surface area contributed by atoms with Crippen LogP contribution in [0.5, 0.6) is 0 Å². The topological polar surface area (TPSA) is 21.3 Å². The van der Waals surface area contributed by atoms with Crippen molar-refractivity contribution >= 4 is 60.8 Å². The standard InChI is InChI=1S/C72H48N2O/c1-2-15-49(16-3-1)53-17-10-18-54(45-53)50-33-39-60(40-34-50)73(62-43-37-52(38-44-62)58-22-13-24-63(48-58)74-69-30-7-4-25-65(69)66-26-5-8-31-70(66)74)61-41-35-51(36-42-61)55-19-11-20-56(46-55)57-21-12-23-59(47-57)64-28-14-29-68-67-27-6-9-32-71(67)75-72(64)68/h1-48H. The van der Waals surface area contributed by atoms with E-state index in [9.17, 15) is 0 Å². The van der Waals surface area contributed by atoms with E-state index in [1.165, 1.54) is 44.1 Å². The van der Waals surface area contributed by atoms with Crippen LogP contribution in [0, 0.1) is 0 Å². The molecule has 3 nitrogen and oxygen atoms in total. The minimum absolute atomic E-state index is 0.906. The quantitative estimate of drug-likeness (QED) is 0.136. The normalized spacial score (nSPS) is 11.5. The third-order valence-electron chi connectivity index (χ3n) is 14.8. The number of fused-ring (bicyclic) bond motifs is 6. The van der Waals surface area contributed by atoms with E-state index < -0.39 is 0 Å². The summed E-state index contributed by atoms with van der Waals surface area (Å²) in [6.45, 7) is 0. The van der Waals surface area contributed by atoms with E-state index in [0.29, 0.717) is 0 Å². The Balaban J connectivity index is 0.799. The Bertz CT molecular complexity index is 4340. The van der Waals surface area contributed by atoms with Crippen LogP contribution in [-0.4, -0.2) is 4.57 Å². The van der Waals surface area contributed by atoms with Crippen LogP contribution in [0.2, 0.25) is 0 Å². The van der Waals surface area contributed by atoms with Gasteiger partial charge in [0.1, 0.15) is 11.2 Å². The van der Waals surface area contributed by atoms with E-state index in [1.807, 2.05) is 12.1 Å². The number of nitrogens with zero attached hydrogens (tertiary/aromatic N) is 2. The van der Waals surface area contributed by atoms with Gasteiger partial charge in [0.05, 0.1) is 11.0 Å².